The van der Waals surface area contributed by atoms with Crippen LogP contribution in [0.2, 0.25) is 0 Å². The predicted molar refractivity (Wildman–Crippen MR) is 117 cm³/mol. The Hall–Kier alpha value is -3.36. The van der Waals surface area contributed by atoms with Crippen LogP contribution >= 0.6 is 0 Å². The Bertz CT molecular complexity index is 1090. The number of carbonyl (C=O) groups is 1. The van der Waals surface area contributed by atoms with Crippen LogP contribution < -0.4 is 14.4 Å². The third-order valence-electron chi connectivity index (χ3n) is 5.64. The van der Waals surface area contributed by atoms with Gasteiger partial charge in [0.15, 0.2) is 0 Å². The first kappa shape index (κ1) is 20.9. The van der Waals surface area contributed by atoms with Crippen LogP contribution in [0.3, 0.4) is 0 Å². The molecule has 0 saturated carbocycles. The fourth-order valence-corrected chi connectivity index (χ4v) is 3.99. The second kappa shape index (κ2) is 8.79. The van der Waals surface area contributed by atoms with E-state index in [1.54, 1.807) is 32.4 Å². The molecule has 9 nitrogen and oxygen atoms in total. The fraction of sp³-hybridized carbons (Fsp3) is 0.455. The molecule has 0 radical (unpaired) electrons. The molecular formula is C22H28N6O3. The summed E-state index contributed by atoms with van der Waals surface area (Å²) < 4.78 is 12.7. The van der Waals surface area contributed by atoms with Crippen molar-refractivity contribution in [2.75, 3.05) is 45.3 Å². The van der Waals surface area contributed by atoms with Crippen molar-refractivity contribution in [1.82, 2.24) is 24.5 Å². The Labute approximate surface area is 181 Å². The molecule has 0 N–H and O–H groups in total. The zero-order valence-corrected chi connectivity index (χ0v) is 18.5. The normalized spacial score (nSPS) is 14.2. The number of methoxy groups -OCH3 is 2. The topological polar surface area (TPSA) is 85.1 Å². The van der Waals surface area contributed by atoms with Gasteiger partial charge in [0.2, 0.25) is 0 Å². The number of nitrogens with zero attached hydrogens (tertiary/aromatic N) is 6. The lowest BCUT2D eigenvalue weighted by atomic mass is 10.1. The minimum Gasteiger partial charge on any atom is -0.497 e. The van der Waals surface area contributed by atoms with Crippen LogP contribution in [0.1, 0.15) is 35.2 Å². The first-order valence-electron chi connectivity index (χ1n) is 10.5. The number of rotatable bonds is 6. The smallest absolute Gasteiger partial charge is 0.257 e. The van der Waals surface area contributed by atoms with E-state index in [-0.39, 0.29) is 5.91 Å². The van der Waals surface area contributed by atoms with Gasteiger partial charge < -0.3 is 19.3 Å². The predicted octanol–water partition coefficient (Wildman–Crippen LogP) is 2.36. The number of aryl methyl sites for hydroxylation is 2. The Kier molecular flexibility index (Phi) is 5.92. The number of carbonyl (C=O) groups excluding carboxylic acids is 1. The summed E-state index contributed by atoms with van der Waals surface area (Å²) >= 11 is 0. The molecule has 1 fully saturated rings. The molecule has 0 aliphatic carbocycles. The highest BCUT2D eigenvalue weighted by molar-refractivity contribution is 5.97. The van der Waals surface area contributed by atoms with Crippen molar-refractivity contribution in [3.05, 3.63) is 41.3 Å². The Balaban J connectivity index is 1.51. The molecule has 1 saturated heterocycles. The minimum absolute atomic E-state index is 0.0395. The number of hydrogen-bond donors (Lipinski definition) is 0. The average Bonchev–Trinajstić information content (AvgIpc) is 3.19. The molecule has 0 spiro atoms. The van der Waals surface area contributed by atoms with Gasteiger partial charge in [-0.15, -0.1) is 10.2 Å². The van der Waals surface area contributed by atoms with E-state index in [0.29, 0.717) is 49.0 Å². The summed E-state index contributed by atoms with van der Waals surface area (Å²) in [7, 11) is 3.15. The number of fused-ring (bicyclic) bond motifs is 1. The monoisotopic (exact) mass is 424 g/mol. The van der Waals surface area contributed by atoms with Crippen molar-refractivity contribution < 1.29 is 14.3 Å². The largest absolute Gasteiger partial charge is 0.497 e. The number of ether oxygens (including phenoxy) is 2. The number of piperazine rings is 1. The van der Waals surface area contributed by atoms with Gasteiger partial charge in [-0.3, -0.25) is 9.20 Å². The van der Waals surface area contributed by atoms with Crippen LogP contribution in [-0.2, 0) is 6.42 Å². The molecule has 1 aliphatic rings. The van der Waals surface area contributed by atoms with Gasteiger partial charge in [0.05, 0.1) is 19.8 Å². The number of aromatic nitrogens is 4. The van der Waals surface area contributed by atoms with Crippen LogP contribution in [0, 0.1) is 6.92 Å². The van der Waals surface area contributed by atoms with E-state index >= 15 is 0 Å². The zero-order valence-electron chi connectivity index (χ0n) is 18.5. The van der Waals surface area contributed by atoms with E-state index in [9.17, 15) is 4.79 Å². The van der Waals surface area contributed by atoms with Crippen LogP contribution in [0.15, 0.2) is 24.3 Å². The molecule has 3 heterocycles. The van der Waals surface area contributed by atoms with E-state index < -0.39 is 0 Å². The molecule has 1 amide bonds. The number of hydrogen-bond acceptors (Lipinski definition) is 7. The van der Waals surface area contributed by atoms with Crippen molar-refractivity contribution in [3.63, 3.8) is 0 Å². The third-order valence-corrected chi connectivity index (χ3v) is 5.64. The maximum Gasteiger partial charge on any atom is 0.257 e. The summed E-state index contributed by atoms with van der Waals surface area (Å²) in [6.45, 7) is 6.71. The second-order valence-electron chi connectivity index (χ2n) is 7.58. The fourth-order valence-electron chi connectivity index (χ4n) is 3.99. The van der Waals surface area contributed by atoms with Crippen molar-refractivity contribution in [3.8, 4) is 11.5 Å². The SMILES string of the molecule is CCCc1cc(N2CCN(C(=O)c3ccc(OC)cc3OC)CC2)nc2nnc(C)n12. The van der Waals surface area contributed by atoms with Crippen molar-refractivity contribution in [2.45, 2.75) is 26.7 Å². The third kappa shape index (κ3) is 3.99. The van der Waals surface area contributed by atoms with E-state index in [0.717, 1.165) is 30.2 Å². The zero-order chi connectivity index (χ0) is 22.0. The van der Waals surface area contributed by atoms with Gasteiger partial charge in [-0.2, -0.15) is 4.98 Å². The molecule has 3 aromatic rings. The summed E-state index contributed by atoms with van der Waals surface area (Å²) in [5.74, 6) is 3.50. The van der Waals surface area contributed by atoms with E-state index in [2.05, 4.69) is 28.1 Å². The van der Waals surface area contributed by atoms with Gasteiger partial charge in [0, 0.05) is 44.0 Å². The molecule has 1 aromatic carbocycles. The van der Waals surface area contributed by atoms with Gasteiger partial charge in [-0.05, 0) is 25.5 Å². The van der Waals surface area contributed by atoms with Gasteiger partial charge in [-0.1, -0.05) is 13.3 Å². The molecule has 9 heteroatoms. The van der Waals surface area contributed by atoms with E-state index in [1.807, 2.05) is 16.2 Å². The Morgan fingerprint density at radius 3 is 2.52 bits per heavy atom. The maximum absolute atomic E-state index is 13.1. The molecule has 0 bridgehead atoms. The average molecular weight is 425 g/mol. The second-order valence-corrected chi connectivity index (χ2v) is 7.58. The number of anilines is 1. The molecule has 164 valence electrons. The lowest BCUT2D eigenvalue weighted by Gasteiger charge is -2.35. The van der Waals surface area contributed by atoms with Crippen LogP contribution in [0.25, 0.3) is 5.78 Å². The van der Waals surface area contributed by atoms with E-state index in [4.69, 9.17) is 14.5 Å². The van der Waals surface area contributed by atoms with Crippen molar-refractivity contribution in [1.29, 1.82) is 0 Å². The first-order chi connectivity index (χ1) is 15.0. The Morgan fingerprint density at radius 1 is 1.06 bits per heavy atom. The van der Waals surface area contributed by atoms with Crippen molar-refractivity contribution >= 4 is 17.5 Å². The molecule has 1 aliphatic heterocycles. The number of amides is 1. The highest BCUT2D eigenvalue weighted by atomic mass is 16.5. The van der Waals surface area contributed by atoms with Gasteiger partial charge >= 0.3 is 0 Å². The summed E-state index contributed by atoms with van der Waals surface area (Å²) in [4.78, 5) is 21.9. The molecule has 4 rings (SSSR count). The van der Waals surface area contributed by atoms with Gasteiger partial charge in [-0.25, -0.2) is 0 Å². The maximum atomic E-state index is 13.1. The summed E-state index contributed by atoms with van der Waals surface area (Å²) in [6, 6.07) is 7.39. The van der Waals surface area contributed by atoms with Crippen LogP contribution in [-0.4, -0.2) is 70.8 Å². The van der Waals surface area contributed by atoms with Gasteiger partial charge in [0.25, 0.3) is 11.7 Å². The quantitative estimate of drug-likeness (QED) is 0.600. The standard InChI is InChI=1S/C22H28N6O3/c1-5-6-16-13-20(23-22-25-24-15(2)28(16)22)26-9-11-27(12-10-26)21(29)18-8-7-17(30-3)14-19(18)31-4/h7-8,13-14H,5-6,9-12H2,1-4H3. The first-order valence-corrected chi connectivity index (χ1v) is 10.5. The molecule has 0 atom stereocenters. The Morgan fingerprint density at radius 2 is 1.84 bits per heavy atom. The van der Waals surface area contributed by atoms with Gasteiger partial charge in [0.1, 0.15) is 23.1 Å². The lowest BCUT2D eigenvalue weighted by Crippen LogP contribution is -2.49. The van der Waals surface area contributed by atoms with Crippen molar-refractivity contribution in [2.24, 2.45) is 0 Å². The highest BCUT2D eigenvalue weighted by Crippen LogP contribution is 2.27. The lowest BCUT2D eigenvalue weighted by molar-refractivity contribution is 0.0743. The van der Waals surface area contributed by atoms with E-state index in [1.165, 1.54) is 0 Å². The molecule has 31 heavy (non-hydrogen) atoms. The molecule has 2 aromatic heterocycles. The number of benzene rings is 1. The van der Waals surface area contributed by atoms with Crippen LogP contribution in [0.5, 0.6) is 11.5 Å². The summed E-state index contributed by atoms with van der Waals surface area (Å²) in [5, 5.41) is 8.40. The summed E-state index contributed by atoms with van der Waals surface area (Å²) in [5.41, 5.74) is 1.70. The molecule has 0 unspecified atom stereocenters. The summed E-state index contributed by atoms with van der Waals surface area (Å²) in [6.07, 6.45) is 1.96. The molecular weight excluding hydrogens is 396 g/mol. The minimum atomic E-state index is -0.0395. The highest BCUT2D eigenvalue weighted by Gasteiger charge is 2.26. The van der Waals surface area contributed by atoms with Crippen LogP contribution in [0.4, 0.5) is 5.82 Å².